The van der Waals surface area contributed by atoms with Crippen molar-refractivity contribution in [2.45, 2.75) is 25.4 Å². The van der Waals surface area contributed by atoms with Crippen molar-refractivity contribution in [2.75, 3.05) is 31.8 Å². The fourth-order valence-corrected chi connectivity index (χ4v) is 4.36. The number of ether oxygens (including phenoxy) is 2. The number of carboxylic acid groups (broad SMARTS) is 1. The lowest BCUT2D eigenvalue weighted by Gasteiger charge is -2.18. The average molecular weight is 539 g/mol. The van der Waals surface area contributed by atoms with Crippen LogP contribution in [0.5, 0.6) is 5.75 Å². The van der Waals surface area contributed by atoms with E-state index in [1.54, 1.807) is 61.5 Å². The van der Waals surface area contributed by atoms with Crippen LogP contribution in [0, 0.1) is 0 Å². The van der Waals surface area contributed by atoms with Gasteiger partial charge in [0.05, 0.1) is 17.8 Å². The Kier molecular flexibility index (Phi) is 8.55. The molecular weight excluding hydrogens is 510 g/mol. The molecule has 1 aliphatic heterocycles. The van der Waals surface area contributed by atoms with Crippen molar-refractivity contribution in [1.29, 1.82) is 0 Å². The van der Waals surface area contributed by atoms with Crippen molar-refractivity contribution in [3.63, 3.8) is 0 Å². The number of fused-ring (bicyclic) bond motifs is 1. The molecule has 1 amide bonds. The number of aliphatic carboxylic acids is 1. The third-order valence-corrected chi connectivity index (χ3v) is 6.21. The van der Waals surface area contributed by atoms with E-state index in [0.29, 0.717) is 22.6 Å². The van der Waals surface area contributed by atoms with E-state index >= 15 is 8.78 Å². The van der Waals surface area contributed by atoms with Crippen LogP contribution in [-0.2, 0) is 31.5 Å². The molecule has 0 spiro atoms. The normalized spacial score (nSPS) is 15.1. The van der Waals surface area contributed by atoms with E-state index in [1.165, 1.54) is 19.2 Å². The van der Waals surface area contributed by atoms with Crippen LogP contribution in [0.1, 0.15) is 29.2 Å². The lowest BCUT2D eigenvalue weighted by Crippen LogP contribution is -2.37. The minimum absolute atomic E-state index is 0.0283. The van der Waals surface area contributed by atoms with Crippen LogP contribution in [-0.4, -0.2) is 55.7 Å². The SMILES string of the molecule is CCOC(Cc1ccc(OCCN2C(=O)C(F)(F)c3cc(/C(=N\OC)c4ccccc4)ccc32)cc1)C(=O)O. The van der Waals surface area contributed by atoms with Crippen LogP contribution >= 0.6 is 0 Å². The number of hydrogen-bond acceptors (Lipinski definition) is 6. The monoisotopic (exact) mass is 538 g/mol. The van der Waals surface area contributed by atoms with E-state index in [9.17, 15) is 14.7 Å². The standard InChI is InChI=1S/C29H28F2N2O6/c1-3-38-25(27(34)35)17-19-9-12-22(13-10-19)39-16-15-33-24-14-11-21(18-23(24)29(30,31)28(33)36)26(32-37-2)20-7-5-4-6-8-20/h4-14,18,25H,3,15-17H2,1-2H3,(H,34,35)/b32-26-. The Labute approximate surface area is 224 Å². The molecule has 0 fully saturated rings. The molecule has 0 aromatic heterocycles. The second-order valence-electron chi connectivity index (χ2n) is 8.73. The third kappa shape index (κ3) is 6.06. The molecule has 10 heteroatoms. The number of nitrogens with zero attached hydrogens (tertiary/aromatic N) is 2. The first-order chi connectivity index (χ1) is 18.8. The maximum atomic E-state index is 15.1. The zero-order valence-corrected chi connectivity index (χ0v) is 21.5. The summed E-state index contributed by atoms with van der Waals surface area (Å²) < 4.78 is 41.0. The van der Waals surface area contributed by atoms with Gasteiger partial charge in [-0.05, 0) is 36.8 Å². The highest BCUT2D eigenvalue weighted by Crippen LogP contribution is 2.44. The molecule has 0 saturated heterocycles. The van der Waals surface area contributed by atoms with Crippen molar-refractivity contribution in [3.05, 3.63) is 95.1 Å². The molecule has 1 atom stereocenters. The van der Waals surface area contributed by atoms with Gasteiger partial charge in [0.25, 0.3) is 0 Å². The number of hydrogen-bond donors (Lipinski definition) is 1. The summed E-state index contributed by atoms with van der Waals surface area (Å²) in [6.07, 6.45) is -0.754. The third-order valence-electron chi connectivity index (χ3n) is 6.21. The number of anilines is 1. The molecule has 8 nitrogen and oxygen atoms in total. The van der Waals surface area contributed by atoms with Crippen LogP contribution in [0.4, 0.5) is 14.5 Å². The van der Waals surface area contributed by atoms with Gasteiger partial charge in [-0.25, -0.2) is 4.79 Å². The fourth-order valence-electron chi connectivity index (χ4n) is 4.36. The van der Waals surface area contributed by atoms with E-state index < -0.39 is 29.5 Å². The Morgan fingerprint density at radius 3 is 2.41 bits per heavy atom. The summed E-state index contributed by atoms with van der Waals surface area (Å²) in [7, 11) is 1.37. The summed E-state index contributed by atoms with van der Waals surface area (Å²) >= 11 is 0. The van der Waals surface area contributed by atoms with Crippen molar-refractivity contribution in [3.8, 4) is 5.75 Å². The van der Waals surface area contributed by atoms with E-state index in [2.05, 4.69) is 5.16 Å². The smallest absolute Gasteiger partial charge is 0.352 e. The topological polar surface area (TPSA) is 97.7 Å². The number of rotatable bonds is 12. The maximum absolute atomic E-state index is 15.1. The molecule has 1 unspecified atom stereocenters. The van der Waals surface area contributed by atoms with Gasteiger partial charge in [0.1, 0.15) is 25.2 Å². The first-order valence-electron chi connectivity index (χ1n) is 12.3. The summed E-state index contributed by atoms with van der Waals surface area (Å²) in [4.78, 5) is 29.9. The second kappa shape index (κ2) is 12.0. The highest BCUT2D eigenvalue weighted by Gasteiger charge is 2.52. The molecule has 39 heavy (non-hydrogen) atoms. The fraction of sp³-hybridized carbons (Fsp3) is 0.276. The van der Waals surface area contributed by atoms with Gasteiger partial charge in [0, 0.05) is 24.2 Å². The highest BCUT2D eigenvalue weighted by atomic mass is 19.3. The minimum Gasteiger partial charge on any atom is -0.492 e. The van der Waals surface area contributed by atoms with Crippen molar-refractivity contribution >= 4 is 23.3 Å². The summed E-state index contributed by atoms with van der Waals surface area (Å²) in [5.41, 5.74) is 1.88. The predicted molar refractivity (Wildman–Crippen MR) is 140 cm³/mol. The van der Waals surface area contributed by atoms with Gasteiger partial charge in [0.2, 0.25) is 0 Å². The number of alkyl halides is 2. The molecule has 1 aliphatic rings. The Balaban J connectivity index is 1.46. The lowest BCUT2D eigenvalue weighted by atomic mass is 9.98. The largest absolute Gasteiger partial charge is 0.492 e. The number of oxime groups is 1. The first-order valence-corrected chi connectivity index (χ1v) is 12.3. The molecule has 0 saturated carbocycles. The summed E-state index contributed by atoms with van der Waals surface area (Å²) in [5.74, 6) is -5.62. The van der Waals surface area contributed by atoms with Gasteiger partial charge in [0.15, 0.2) is 6.10 Å². The Hall–Kier alpha value is -4.31. The quantitative estimate of drug-likeness (QED) is 0.267. The number of halogens is 2. The molecule has 204 valence electrons. The average Bonchev–Trinajstić information content (AvgIpc) is 3.12. The number of amides is 1. The summed E-state index contributed by atoms with van der Waals surface area (Å²) in [6.45, 7) is 1.89. The van der Waals surface area contributed by atoms with E-state index in [4.69, 9.17) is 14.3 Å². The number of benzene rings is 3. The van der Waals surface area contributed by atoms with Gasteiger partial charge < -0.3 is 24.3 Å². The predicted octanol–water partition coefficient (Wildman–Crippen LogP) is 4.64. The molecule has 0 radical (unpaired) electrons. The summed E-state index contributed by atoms with van der Waals surface area (Å²) in [5, 5.41) is 13.3. The molecule has 4 rings (SSSR count). The molecule has 3 aromatic rings. The van der Waals surface area contributed by atoms with Crippen LogP contribution in [0.3, 0.4) is 0 Å². The van der Waals surface area contributed by atoms with E-state index in [-0.39, 0.29) is 31.9 Å². The Morgan fingerprint density at radius 2 is 1.77 bits per heavy atom. The number of carbonyl (C=O) groups excluding carboxylic acids is 1. The second-order valence-corrected chi connectivity index (χ2v) is 8.73. The van der Waals surface area contributed by atoms with E-state index in [1.807, 2.05) is 6.07 Å². The zero-order valence-electron chi connectivity index (χ0n) is 21.5. The van der Waals surface area contributed by atoms with Gasteiger partial charge >= 0.3 is 17.8 Å². The van der Waals surface area contributed by atoms with Gasteiger partial charge in [-0.2, -0.15) is 8.78 Å². The van der Waals surface area contributed by atoms with Crippen molar-refractivity contribution in [2.24, 2.45) is 5.16 Å². The van der Waals surface area contributed by atoms with Gasteiger partial charge in [-0.15, -0.1) is 0 Å². The minimum atomic E-state index is -3.71. The van der Waals surface area contributed by atoms with E-state index in [0.717, 1.165) is 10.5 Å². The zero-order chi connectivity index (χ0) is 28.0. The summed E-state index contributed by atoms with van der Waals surface area (Å²) in [6, 6.07) is 20.1. The molecule has 3 aromatic carbocycles. The lowest BCUT2D eigenvalue weighted by molar-refractivity contribution is -0.150. The van der Waals surface area contributed by atoms with Crippen LogP contribution in [0.25, 0.3) is 0 Å². The van der Waals surface area contributed by atoms with Crippen molar-refractivity contribution in [1.82, 2.24) is 0 Å². The van der Waals surface area contributed by atoms with Gasteiger partial charge in [-0.3, -0.25) is 4.79 Å². The van der Waals surface area contributed by atoms with Gasteiger partial charge in [-0.1, -0.05) is 53.7 Å². The highest BCUT2D eigenvalue weighted by molar-refractivity contribution is 6.14. The first kappa shape index (κ1) is 27.7. The van der Waals surface area contributed by atoms with Crippen molar-refractivity contribution < 1.29 is 37.8 Å². The number of carbonyl (C=O) groups is 2. The van der Waals surface area contributed by atoms with Crippen LogP contribution < -0.4 is 9.64 Å². The molecule has 1 N–H and O–H groups in total. The van der Waals surface area contributed by atoms with Crippen LogP contribution in [0.2, 0.25) is 0 Å². The number of carboxylic acids is 1. The van der Waals surface area contributed by atoms with Crippen LogP contribution in [0.15, 0.2) is 78.0 Å². The Bertz CT molecular complexity index is 1350. The Morgan fingerprint density at radius 1 is 1.05 bits per heavy atom. The molecule has 1 heterocycles. The molecule has 0 aliphatic carbocycles. The molecular formula is C29H28F2N2O6. The maximum Gasteiger partial charge on any atom is 0.352 e. The molecule has 0 bridgehead atoms.